The van der Waals surface area contributed by atoms with Crippen LogP contribution in [0, 0.1) is 26.2 Å². The first kappa shape index (κ1) is 52.5. The molecule has 0 spiro atoms. The van der Waals surface area contributed by atoms with Crippen LogP contribution in [0.25, 0.3) is 15.4 Å². The monoisotopic (exact) mass is 1050 g/mol. The molecule has 17 nitrogen and oxygen atoms in total. The van der Waals surface area contributed by atoms with Crippen LogP contribution in [0.4, 0.5) is 0 Å². The van der Waals surface area contributed by atoms with Gasteiger partial charge in [0, 0.05) is 53.1 Å². The lowest BCUT2D eigenvalue weighted by molar-refractivity contribution is -0.144. The molecule has 5 aromatic rings. The number of likely N-dealkylation sites (tertiary alicyclic amines) is 2. The minimum atomic E-state index is -0.937. The van der Waals surface area contributed by atoms with Gasteiger partial charge in [-0.25, -0.2) is 4.98 Å². The normalized spacial score (nSPS) is 22.1. The third-order valence-corrected chi connectivity index (χ3v) is 17.0. The fourth-order valence-corrected chi connectivity index (χ4v) is 12.5. The van der Waals surface area contributed by atoms with Gasteiger partial charge in [-0.15, -0.1) is 32.9 Å². The third-order valence-electron chi connectivity index (χ3n) is 14.6. The van der Waals surface area contributed by atoms with Crippen LogP contribution in [-0.4, -0.2) is 132 Å². The van der Waals surface area contributed by atoms with Gasteiger partial charge in [0.25, 0.3) is 0 Å². The highest BCUT2D eigenvalue weighted by Crippen LogP contribution is 2.40. The molecule has 3 aromatic heterocycles. The van der Waals surface area contributed by atoms with E-state index in [0.29, 0.717) is 42.5 Å². The van der Waals surface area contributed by atoms with E-state index in [1.165, 1.54) is 21.1 Å². The van der Waals surface area contributed by atoms with E-state index in [1.807, 2.05) is 87.7 Å². The molecule has 3 fully saturated rings. The zero-order valence-corrected chi connectivity index (χ0v) is 44.7. The van der Waals surface area contributed by atoms with Crippen LogP contribution in [0.1, 0.15) is 123 Å². The van der Waals surface area contributed by atoms with Crippen molar-refractivity contribution in [2.75, 3.05) is 26.2 Å². The molecular formula is C53H65ClN10O7S2. The predicted molar refractivity (Wildman–Crippen MR) is 281 cm³/mol. The Morgan fingerprint density at radius 3 is 2.30 bits per heavy atom. The van der Waals surface area contributed by atoms with Gasteiger partial charge in [-0.2, -0.15) is 0 Å². The van der Waals surface area contributed by atoms with Crippen molar-refractivity contribution in [3.05, 3.63) is 104 Å². The van der Waals surface area contributed by atoms with Crippen LogP contribution in [-0.2, 0) is 30.5 Å². The molecule has 1 unspecified atom stereocenters. The largest absolute Gasteiger partial charge is 0.391 e. The number of carbonyl (C=O) groups excluding carboxylic acids is 4. The van der Waals surface area contributed by atoms with Gasteiger partial charge in [0.15, 0.2) is 5.82 Å². The van der Waals surface area contributed by atoms with E-state index in [4.69, 9.17) is 21.3 Å². The summed E-state index contributed by atoms with van der Waals surface area (Å²) in [7, 11) is 0. The molecule has 0 bridgehead atoms. The Morgan fingerprint density at radius 2 is 1.62 bits per heavy atom. The smallest absolute Gasteiger partial charge is 0.246 e. The number of halogens is 1. The number of nitrogens with zero attached hydrogens (tertiary/aromatic N) is 7. The molecular weight excluding hydrogens is 988 g/mol. The van der Waals surface area contributed by atoms with Gasteiger partial charge >= 0.3 is 0 Å². The molecule has 6 heterocycles. The number of amides is 4. The van der Waals surface area contributed by atoms with Gasteiger partial charge < -0.3 is 35.8 Å². The summed E-state index contributed by atoms with van der Waals surface area (Å²) in [6.07, 6.45) is 2.24. The Morgan fingerprint density at radius 1 is 0.918 bits per heavy atom. The average Bonchev–Trinajstić information content (AvgIpc) is 4.13. The number of β-amino-alcohol motifs (C(OH)–C–C–N with tert-alkyl or cyclic N) is 1. The Bertz CT molecular complexity index is 2860. The Labute approximate surface area is 438 Å². The van der Waals surface area contributed by atoms with Gasteiger partial charge in [-0.05, 0) is 87.6 Å². The maximum Gasteiger partial charge on any atom is 0.246 e. The van der Waals surface area contributed by atoms with Crippen LogP contribution >= 0.6 is 34.3 Å². The summed E-state index contributed by atoms with van der Waals surface area (Å²) in [6, 6.07) is 12.5. The lowest BCUT2D eigenvalue weighted by Crippen LogP contribution is -2.59. The number of benzene rings is 2. The van der Waals surface area contributed by atoms with Crippen LogP contribution in [0.5, 0.6) is 0 Å². The third kappa shape index (κ3) is 11.5. The molecule has 388 valence electrons. The van der Waals surface area contributed by atoms with E-state index in [-0.39, 0.29) is 68.5 Å². The van der Waals surface area contributed by atoms with Crippen LogP contribution in [0.15, 0.2) is 59.0 Å². The summed E-state index contributed by atoms with van der Waals surface area (Å²) < 4.78 is 8.54. The van der Waals surface area contributed by atoms with Gasteiger partial charge in [0.1, 0.15) is 29.0 Å². The number of thiazole rings is 1. The fourth-order valence-electron chi connectivity index (χ4n) is 10.3. The molecule has 5 atom stereocenters. The SMILES string of the molecule is Cc1sc2c(c1C)C(c1ccc(Cl)cc1)=N[C@@H](CC(=O)N[C@H]1C[C@H](OC3CCN(CC(=O)NC(C(=O)N4C[C@H](O)C[C@H]4C(=O)N[C@@H](C)c4ccc(-c5scnc5CO)cc4)C(C)(C)C)CC3)C1)c1nnc(C)n1-2. The summed E-state index contributed by atoms with van der Waals surface area (Å²) in [5, 5.41) is 40.2. The van der Waals surface area contributed by atoms with E-state index in [9.17, 15) is 29.4 Å². The van der Waals surface area contributed by atoms with E-state index in [0.717, 1.165) is 62.1 Å². The number of carbonyl (C=O) groups is 4. The number of aryl methyl sites for hydroxylation is 2. The van der Waals surface area contributed by atoms with E-state index in [2.05, 4.69) is 49.9 Å². The molecule has 0 radical (unpaired) electrons. The van der Waals surface area contributed by atoms with Crippen LogP contribution < -0.4 is 16.0 Å². The van der Waals surface area contributed by atoms with E-state index < -0.39 is 41.6 Å². The number of hydrogen-bond acceptors (Lipinski definition) is 14. The summed E-state index contributed by atoms with van der Waals surface area (Å²) in [5.74, 6) is 0.173. The summed E-state index contributed by atoms with van der Waals surface area (Å²) >= 11 is 9.39. The highest BCUT2D eigenvalue weighted by molar-refractivity contribution is 7.15. The molecule has 9 rings (SSSR count). The number of aliphatic hydroxyl groups excluding tert-OH is 2. The molecule has 4 amide bonds. The first-order valence-corrected chi connectivity index (χ1v) is 27.2. The van der Waals surface area contributed by atoms with Crippen molar-refractivity contribution in [3.63, 3.8) is 0 Å². The molecule has 3 aliphatic heterocycles. The van der Waals surface area contributed by atoms with Crippen molar-refractivity contribution < 1.29 is 34.1 Å². The molecule has 4 aliphatic rings. The van der Waals surface area contributed by atoms with E-state index in [1.54, 1.807) is 16.8 Å². The number of piperidine rings is 1. The summed E-state index contributed by atoms with van der Waals surface area (Å²) in [6.45, 7) is 14.8. The van der Waals surface area contributed by atoms with Crippen molar-refractivity contribution in [3.8, 4) is 15.4 Å². The number of aliphatic imine (C=N–C) groups is 1. The lowest BCUT2D eigenvalue weighted by Gasteiger charge is -2.40. The number of ether oxygens (including phenoxy) is 1. The Hall–Kier alpha value is -5.41. The van der Waals surface area contributed by atoms with Crippen LogP contribution in [0.3, 0.4) is 0 Å². The number of nitrogens with one attached hydrogen (secondary N) is 3. The number of fused-ring (bicyclic) bond motifs is 3. The van der Waals surface area contributed by atoms with Crippen molar-refractivity contribution in [2.45, 2.75) is 142 Å². The molecule has 2 aromatic carbocycles. The summed E-state index contributed by atoms with van der Waals surface area (Å²) in [4.78, 5) is 70.4. The highest BCUT2D eigenvalue weighted by Gasteiger charge is 2.45. The maximum atomic E-state index is 14.3. The lowest BCUT2D eigenvalue weighted by atomic mass is 9.85. The first-order chi connectivity index (χ1) is 34.8. The number of aliphatic hydroxyl groups is 2. The molecule has 2 saturated heterocycles. The van der Waals surface area contributed by atoms with Crippen molar-refractivity contribution in [1.82, 2.24) is 45.5 Å². The predicted octanol–water partition coefficient (Wildman–Crippen LogP) is 6.30. The van der Waals surface area contributed by atoms with Gasteiger partial charge in [0.2, 0.25) is 23.6 Å². The second kappa shape index (κ2) is 21.8. The molecule has 1 aliphatic carbocycles. The molecule has 1 saturated carbocycles. The second-order valence-corrected chi connectivity index (χ2v) is 23.5. The standard InChI is InChI=1S/C53H65ClN10O7S2/c1-28-30(3)73-52-45(28)46(33-12-14-35(54)15-13-33)58-40(49-61-60-31(4)64(49)52)23-43(67)57-36-20-39(21-36)71-38-16-18-62(19-17-38)25-44(68)59-48(53(5,6)7)51(70)63-24-37(66)22-42(63)50(69)56-29(2)32-8-10-34(11-9-32)47-41(26-65)55-27-72-47/h8-15,27,29,36-40,42,48,65-66H,16-26H2,1-7H3,(H,56,69)(H,57,67)(H,59,68)/t29-,36-,37+,39-,40-,42-,48?/m0/s1. The first-order valence-electron chi connectivity index (χ1n) is 25.1. The number of hydrogen-bond donors (Lipinski definition) is 5. The maximum absolute atomic E-state index is 14.3. The van der Waals surface area contributed by atoms with Gasteiger partial charge in [-0.3, -0.25) is 33.6 Å². The molecule has 73 heavy (non-hydrogen) atoms. The second-order valence-electron chi connectivity index (χ2n) is 21.0. The van der Waals surface area contributed by atoms with Crippen molar-refractivity contribution in [2.24, 2.45) is 10.4 Å². The van der Waals surface area contributed by atoms with Crippen molar-refractivity contribution in [1.29, 1.82) is 0 Å². The fraction of sp³-hybridized carbons (Fsp3) is 0.509. The topological polar surface area (TPSA) is 216 Å². The zero-order chi connectivity index (χ0) is 51.9. The average molecular weight is 1050 g/mol. The number of thiophene rings is 1. The van der Waals surface area contributed by atoms with Gasteiger partial charge in [-0.1, -0.05) is 68.8 Å². The minimum absolute atomic E-state index is 0.0185. The molecule has 5 N–H and O–H groups in total. The quantitative estimate of drug-likeness (QED) is 0.0784. The van der Waals surface area contributed by atoms with Crippen molar-refractivity contribution >= 4 is 63.6 Å². The number of aromatic nitrogens is 4. The summed E-state index contributed by atoms with van der Waals surface area (Å²) in [5.41, 5.74) is 7.24. The van der Waals surface area contributed by atoms with Gasteiger partial charge in [0.05, 0.1) is 65.7 Å². The Kier molecular flexibility index (Phi) is 15.7. The van der Waals surface area contributed by atoms with E-state index >= 15 is 0 Å². The zero-order valence-electron chi connectivity index (χ0n) is 42.4. The number of rotatable bonds is 15. The van der Waals surface area contributed by atoms with Crippen LogP contribution in [0.2, 0.25) is 5.02 Å². The highest BCUT2D eigenvalue weighted by atomic mass is 35.5. The Balaban J connectivity index is 0.735. The minimum Gasteiger partial charge on any atom is -0.391 e. The molecule has 20 heteroatoms.